The first kappa shape index (κ1) is 15.6. The number of hydrogen-bond acceptors (Lipinski definition) is 6. The molecule has 6 nitrogen and oxygen atoms in total. The van der Waals surface area contributed by atoms with Gasteiger partial charge in [0.05, 0.1) is 16.8 Å². The van der Waals surface area contributed by atoms with Gasteiger partial charge < -0.3 is 14.2 Å². The Morgan fingerprint density at radius 1 is 1.17 bits per heavy atom. The van der Waals surface area contributed by atoms with Crippen LogP contribution in [0.1, 0.15) is 45.4 Å². The summed E-state index contributed by atoms with van der Waals surface area (Å²) in [6, 6.07) is 3.91. The molecule has 2 fully saturated rings. The van der Waals surface area contributed by atoms with Crippen molar-refractivity contribution in [3.05, 3.63) is 24.2 Å². The summed E-state index contributed by atoms with van der Waals surface area (Å²) in [5.41, 5.74) is 0.632. The summed E-state index contributed by atoms with van der Waals surface area (Å²) in [6.45, 7) is 7.82. The zero-order chi connectivity index (χ0) is 16.8. The summed E-state index contributed by atoms with van der Waals surface area (Å²) >= 11 is 0. The van der Waals surface area contributed by atoms with Gasteiger partial charge in [-0.15, -0.1) is 0 Å². The molecule has 0 bridgehead atoms. The van der Waals surface area contributed by atoms with Crippen molar-refractivity contribution in [2.75, 3.05) is 18.0 Å². The summed E-state index contributed by atoms with van der Waals surface area (Å²) in [6.07, 6.45) is 6.54. The van der Waals surface area contributed by atoms with Crippen LogP contribution < -0.4 is 4.90 Å². The zero-order valence-corrected chi connectivity index (χ0v) is 14.6. The SMILES string of the molecule is Cc1noc(-c2cccnc2N2CC(C)(C)OC3(CCCC3)C2)n1. The highest BCUT2D eigenvalue weighted by Gasteiger charge is 2.46. The first-order valence-electron chi connectivity index (χ1n) is 8.67. The van der Waals surface area contributed by atoms with Crippen molar-refractivity contribution in [2.24, 2.45) is 0 Å². The van der Waals surface area contributed by atoms with Gasteiger partial charge in [0.2, 0.25) is 0 Å². The first-order valence-corrected chi connectivity index (χ1v) is 8.67. The van der Waals surface area contributed by atoms with Crippen LogP contribution in [0.5, 0.6) is 0 Å². The summed E-state index contributed by atoms with van der Waals surface area (Å²) < 4.78 is 11.9. The van der Waals surface area contributed by atoms with Crippen LogP contribution in [0.3, 0.4) is 0 Å². The quantitative estimate of drug-likeness (QED) is 0.842. The van der Waals surface area contributed by atoms with Crippen molar-refractivity contribution < 1.29 is 9.26 Å². The van der Waals surface area contributed by atoms with E-state index in [0.29, 0.717) is 11.7 Å². The molecule has 4 rings (SSSR count). The number of aromatic nitrogens is 3. The topological polar surface area (TPSA) is 64.3 Å². The van der Waals surface area contributed by atoms with E-state index < -0.39 is 0 Å². The molecule has 1 aliphatic heterocycles. The van der Waals surface area contributed by atoms with E-state index in [1.807, 2.05) is 25.3 Å². The molecule has 1 saturated carbocycles. The van der Waals surface area contributed by atoms with Crippen molar-refractivity contribution in [1.82, 2.24) is 15.1 Å². The Kier molecular flexibility index (Phi) is 3.60. The smallest absolute Gasteiger partial charge is 0.261 e. The minimum atomic E-state index is -0.206. The van der Waals surface area contributed by atoms with Gasteiger partial charge in [-0.25, -0.2) is 4.98 Å². The number of ether oxygens (including phenoxy) is 1. The number of pyridine rings is 1. The van der Waals surface area contributed by atoms with Gasteiger partial charge >= 0.3 is 0 Å². The summed E-state index contributed by atoms with van der Waals surface area (Å²) in [7, 11) is 0. The molecule has 6 heteroatoms. The van der Waals surface area contributed by atoms with Crippen LogP contribution in [-0.4, -0.2) is 39.4 Å². The van der Waals surface area contributed by atoms with Crippen molar-refractivity contribution in [3.8, 4) is 11.5 Å². The molecule has 0 atom stereocenters. The first-order chi connectivity index (χ1) is 11.5. The lowest BCUT2D eigenvalue weighted by molar-refractivity contribution is -0.148. The van der Waals surface area contributed by atoms with E-state index >= 15 is 0 Å². The highest BCUT2D eigenvalue weighted by atomic mass is 16.5. The molecule has 128 valence electrons. The third kappa shape index (κ3) is 2.79. The van der Waals surface area contributed by atoms with Crippen molar-refractivity contribution in [1.29, 1.82) is 0 Å². The van der Waals surface area contributed by atoms with Crippen molar-refractivity contribution >= 4 is 5.82 Å². The standard InChI is InChI=1S/C18H24N4O2/c1-13-20-16(23-21-13)14-7-6-10-19-15(14)22-11-17(2,3)24-18(12-22)8-4-5-9-18/h6-7,10H,4-5,8-9,11-12H2,1-3H3. The average molecular weight is 328 g/mol. The van der Waals surface area contributed by atoms with Crippen LogP contribution in [-0.2, 0) is 4.74 Å². The van der Waals surface area contributed by atoms with Crippen LogP contribution in [0, 0.1) is 6.92 Å². The molecule has 24 heavy (non-hydrogen) atoms. The van der Waals surface area contributed by atoms with Crippen LogP contribution in [0.15, 0.2) is 22.9 Å². The van der Waals surface area contributed by atoms with E-state index in [-0.39, 0.29) is 11.2 Å². The maximum atomic E-state index is 6.50. The van der Waals surface area contributed by atoms with Gasteiger partial charge in [0.25, 0.3) is 5.89 Å². The number of anilines is 1. The molecule has 0 radical (unpaired) electrons. The minimum absolute atomic E-state index is 0.0543. The molecule has 0 amide bonds. The van der Waals surface area contributed by atoms with Gasteiger partial charge in [-0.3, -0.25) is 0 Å². The van der Waals surface area contributed by atoms with Crippen LogP contribution in [0.4, 0.5) is 5.82 Å². The van der Waals surface area contributed by atoms with Gasteiger partial charge in [0.15, 0.2) is 5.82 Å². The Morgan fingerprint density at radius 2 is 1.96 bits per heavy atom. The maximum Gasteiger partial charge on any atom is 0.261 e. The number of hydrogen-bond donors (Lipinski definition) is 0. The van der Waals surface area contributed by atoms with Gasteiger partial charge in [0, 0.05) is 19.3 Å². The number of nitrogens with zero attached hydrogens (tertiary/aromatic N) is 4. The highest BCUT2D eigenvalue weighted by Crippen LogP contribution is 2.42. The van der Waals surface area contributed by atoms with Gasteiger partial charge in [-0.1, -0.05) is 18.0 Å². The third-order valence-electron chi connectivity index (χ3n) is 4.90. The molecule has 1 saturated heterocycles. The molecular formula is C18H24N4O2. The average Bonchev–Trinajstić information content (AvgIpc) is 3.15. The molecule has 1 aliphatic carbocycles. The predicted molar refractivity (Wildman–Crippen MR) is 90.8 cm³/mol. The summed E-state index contributed by atoms with van der Waals surface area (Å²) in [4.78, 5) is 11.4. The molecule has 2 aromatic rings. The zero-order valence-electron chi connectivity index (χ0n) is 14.6. The lowest BCUT2D eigenvalue weighted by atomic mass is 9.94. The number of rotatable bonds is 2. The molecule has 2 aliphatic rings. The second-order valence-corrected chi connectivity index (χ2v) is 7.63. The number of aryl methyl sites for hydroxylation is 1. The summed E-state index contributed by atoms with van der Waals surface area (Å²) in [5.74, 6) is 2.07. The molecule has 3 heterocycles. The Labute approximate surface area is 142 Å². The lowest BCUT2D eigenvalue weighted by Gasteiger charge is -2.49. The van der Waals surface area contributed by atoms with E-state index in [9.17, 15) is 0 Å². The highest BCUT2D eigenvalue weighted by molar-refractivity contribution is 5.70. The Morgan fingerprint density at radius 3 is 2.67 bits per heavy atom. The fourth-order valence-corrected chi connectivity index (χ4v) is 4.17. The molecule has 0 N–H and O–H groups in total. The minimum Gasteiger partial charge on any atom is -0.365 e. The normalized spacial score (nSPS) is 22.2. The van der Waals surface area contributed by atoms with E-state index in [4.69, 9.17) is 9.26 Å². The monoisotopic (exact) mass is 328 g/mol. The van der Waals surface area contributed by atoms with Crippen LogP contribution >= 0.6 is 0 Å². The third-order valence-corrected chi connectivity index (χ3v) is 4.90. The van der Waals surface area contributed by atoms with E-state index in [0.717, 1.165) is 37.3 Å². The van der Waals surface area contributed by atoms with E-state index in [2.05, 4.69) is 33.9 Å². The molecule has 0 aromatic carbocycles. The Balaban J connectivity index is 1.73. The van der Waals surface area contributed by atoms with Crippen LogP contribution in [0.25, 0.3) is 11.5 Å². The molecule has 1 spiro atoms. The lowest BCUT2D eigenvalue weighted by Crippen LogP contribution is -2.59. The molecule has 2 aromatic heterocycles. The van der Waals surface area contributed by atoms with Crippen molar-refractivity contribution in [2.45, 2.75) is 57.7 Å². The van der Waals surface area contributed by atoms with E-state index in [1.54, 1.807) is 0 Å². The second kappa shape index (κ2) is 5.55. The Hall–Kier alpha value is -1.95. The van der Waals surface area contributed by atoms with Gasteiger partial charge in [-0.05, 0) is 45.7 Å². The van der Waals surface area contributed by atoms with Gasteiger partial charge in [0.1, 0.15) is 5.82 Å². The molecule has 0 unspecified atom stereocenters. The summed E-state index contributed by atoms with van der Waals surface area (Å²) in [5, 5.41) is 3.92. The largest absolute Gasteiger partial charge is 0.365 e. The second-order valence-electron chi connectivity index (χ2n) is 7.63. The predicted octanol–water partition coefficient (Wildman–Crippen LogP) is 3.37. The fourth-order valence-electron chi connectivity index (χ4n) is 4.17. The van der Waals surface area contributed by atoms with Crippen molar-refractivity contribution in [3.63, 3.8) is 0 Å². The Bertz CT molecular complexity index is 734. The van der Waals surface area contributed by atoms with E-state index in [1.165, 1.54) is 12.8 Å². The fraction of sp³-hybridized carbons (Fsp3) is 0.611. The van der Waals surface area contributed by atoms with Gasteiger partial charge in [-0.2, -0.15) is 4.98 Å². The van der Waals surface area contributed by atoms with Crippen LogP contribution in [0.2, 0.25) is 0 Å². The maximum absolute atomic E-state index is 6.50. The molecular weight excluding hydrogens is 304 g/mol. The number of morpholine rings is 1.